The third-order valence-corrected chi connectivity index (χ3v) is 5.44. The second-order valence-electron chi connectivity index (χ2n) is 7.60. The standard InChI is InChI=1S/C26H24N2O4/c1-19(29)22-14-8-9-15-23(22)32-17-16-27-25(30)24(21-12-6-3-7-13-21)28(26(27)31)18-20-10-4-2-5-11-20/h2-15,24H,16-18H2,1H3. The summed E-state index contributed by atoms with van der Waals surface area (Å²) in [7, 11) is 0. The Kier molecular flexibility index (Phi) is 6.31. The first-order valence-electron chi connectivity index (χ1n) is 10.5. The summed E-state index contributed by atoms with van der Waals surface area (Å²) < 4.78 is 5.77. The average Bonchev–Trinajstić information content (AvgIpc) is 3.04. The number of hydrogen-bond donors (Lipinski definition) is 0. The summed E-state index contributed by atoms with van der Waals surface area (Å²) in [4.78, 5) is 41.2. The minimum atomic E-state index is -0.687. The molecular weight excluding hydrogens is 404 g/mol. The van der Waals surface area contributed by atoms with E-state index in [4.69, 9.17) is 4.74 Å². The van der Waals surface area contributed by atoms with Crippen molar-refractivity contribution < 1.29 is 19.1 Å². The number of benzene rings is 3. The maximum Gasteiger partial charge on any atom is 0.328 e. The number of nitrogens with zero attached hydrogens (tertiary/aromatic N) is 2. The molecule has 0 N–H and O–H groups in total. The number of urea groups is 1. The van der Waals surface area contributed by atoms with E-state index in [2.05, 4.69) is 0 Å². The topological polar surface area (TPSA) is 66.9 Å². The Morgan fingerprint density at radius 2 is 1.50 bits per heavy atom. The Balaban J connectivity index is 1.53. The number of ether oxygens (including phenoxy) is 1. The minimum absolute atomic E-state index is 0.0958. The van der Waals surface area contributed by atoms with E-state index in [0.29, 0.717) is 17.9 Å². The van der Waals surface area contributed by atoms with Crippen molar-refractivity contribution in [3.05, 3.63) is 102 Å². The van der Waals surface area contributed by atoms with Crippen LogP contribution in [0.5, 0.6) is 5.75 Å². The molecule has 0 bridgehead atoms. The zero-order chi connectivity index (χ0) is 22.5. The molecule has 1 aliphatic rings. The van der Waals surface area contributed by atoms with Gasteiger partial charge >= 0.3 is 6.03 Å². The van der Waals surface area contributed by atoms with Crippen LogP contribution in [0.4, 0.5) is 4.79 Å². The van der Waals surface area contributed by atoms with Gasteiger partial charge < -0.3 is 9.64 Å². The Bertz CT molecular complexity index is 1110. The van der Waals surface area contributed by atoms with E-state index in [1.54, 1.807) is 29.2 Å². The van der Waals surface area contributed by atoms with Crippen molar-refractivity contribution in [2.24, 2.45) is 0 Å². The number of hydrogen-bond acceptors (Lipinski definition) is 4. The summed E-state index contributed by atoms with van der Waals surface area (Å²) in [6, 6.07) is 24.8. The molecule has 1 aliphatic heterocycles. The molecule has 32 heavy (non-hydrogen) atoms. The Morgan fingerprint density at radius 3 is 2.19 bits per heavy atom. The van der Waals surface area contributed by atoms with Crippen LogP contribution in [0.15, 0.2) is 84.9 Å². The van der Waals surface area contributed by atoms with Gasteiger partial charge in [-0.25, -0.2) is 4.79 Å². The SMILES string of the molecule is CC(=O)c1ccccc1OCCN1C(=O)C(c2ccccc2)N(Cc2ccccc2)C1=O. The summed E-state index contributed by atoms with van der Waals surface area (Å²) in [5.41, 5.74) is 2.19. The normalized spacial score (nSPS) is 15.8. The van der Waals surface area contributed by atoms with Crippen molar-refractivity contribution in [3.63, 3.8) is 0 Å². The van der Waals surface area contributed by atoms with Gasteiger partial charge in [-0.3, -0.25) is 14.5 Å². The smallest absolute Gasteiger partial charge is 0.328 e. The highest BCUT2D eigenvalue weighted by Gasteiger charge is 2.45. The van der Waals surface area contributed by atoms with Crippen LogP contribution < -0.4 is 4.74 Å². The fourth-order valence-electron chi connectivity index (χ4n) is 3.87. The van der Waals surface area contributed by atoms with Crippen LogP contribution in [0.25, 0.3) is 0 Å². The predicted molar refractivity (Wildman–Crippen MR) is 120 cm³/mol. The lowest BCUT2D eigenvalue weighted by Gasteiger charge is -2.22. The van der Waals surface area contributed by atoms with E-state index >= 15 is 0 Å². The molecule has 0 aromatic heterocycles. The third-order valence-electron chi connectivity index (χ3n) is 5.44. The molecule has 0 radical (unpaired) electrons. The van der Waals surface area contributed by atoms with E-state index in [1.807, 2.05) is 60.7 Å². The number of amides is 3. The van der Waals surface area contributed by atoms with E-state index in [9.17, 15) is 14.4 Å². The maximum atomic E-state index is 13.3. The third kappa shape index (κ3) is 4.39. The molecule has 1 atom stereocenters. The van der Waals surface area contributed by atoms with Crippen molar-refractivity contribution in [2.45, 2.75) is 19.5 Å². The van der Waals surface area contributed by atoms with Gasteiger partial charge in [-0.05, 0) is 30.2 Å². The first kappa shape index (κ1) is 21.3. The molecule has 6 nitrogen and oxygen atoms in total. The molecule has 1 heterocycles. The van der Waals surface area contributed by atoms with Gasteiger partial charge in [-0.15, -0.1) is 0 Å². The highest BCUT2D eigenvalue weighted by atomic mass is 16.5. The van der Waals surface area contributed by atoms with Gasteiger partial charge in [0.25, 0.3) is 5.91 Å². The van der Waals surface area contributed by atoms with Gasteiger partial charge in [0.05, 0.1) is 12.1 Å². The van der Waals surface area contributed by atoms with Crippen molar-refractivity contribution >= 4 is 17.7 Å². The van der Waals surface area contributed by atoms with Crippen LogP contribution in [0, 0.1) is 0 Å². The maximum absolute atomic E-state index is 13.3. The highest BCUT2D eigenvalue weighted by Crippen LogP contribution is 2.32. The van der Waals surface area contributed by atoms with Crippen LogP contribution in [0.3, 0.4) is 0 Å². The molecule has 0 spiro atoms. The Hall–Kier alpha value is -3.93. The number of ketones is 1. The molecule has 1 saturated heterocycles. The van der Waals surface area contributed by atoms with Crippen molar-refractivity contribution in [1.29, 1.82) is 0 Å². The second kappa shape index (κ2) is 9.47. The number of rotatable bonds is 8. The number of Topliss-reactive ketones (excluding diaryl/α,β-unsaturated/α-hetero) is 1. The molecule has 3 amide bonds. The van der Waals surface area contributed by atoms with Crippen molar-refractivity contribution in [2.75, 3.05) is 13.2 Å². The number of carbonyl (C=O) groups excluding carboxylic acids is 3. The molecule has 1 unspecified atom stereocenters. The fraction of sp³-hybridized carbons (Fsp3) is 0.192. The molecule has 6 heteroatoms. The second-order valence-corrected chi connectivity index (χ2v) is 7.60. The lowest BCUT2D eigenvalue weighted by atomic mass is 10.1. The molecule has 1 fully saturated rings. The summed E-state index contributed by atoms with van der Waals surface area (Å²) in [5.74, 6) is 0.0625. The van der Waals surface area contributed by atoms with Gasteiger partial charge in [0.2, 0.25) is 0 Å². The summed E-state index contributed by atoms with van der Waals surface area (Å²) >= 11 is 0. The molecule has 0 saturated carbocycles. The van der Waals surface area contributed by atoms with Crippen LogP contribution in [0.1, 0.15) is 34.5 Å². The first-order chi connectivity index (χ1) is 15.6. The van der Waals surface area contributed by atoms with E-state index < -0.39 is 6.04 Å². The van der Waals surface area contributed by atoms with Gasteiger partial charge in [0, 0.05) is 6.54 Å². The van der Waals surface area contributed by atoms with Crippen LogP contribution in [-0.2, 0) is 11.3 Å². The zero-order valence-electron chi connectivity index (χ0n) is 17.8. The zero-order valence-corrected chi connectivity index (χ0v) is 17.8. The molecular formula is C26H24N2O4. The van der Waals surface area contributed by atoms with Gasteiger partial charge in [-0.2, -0.15) is 0 Å². The van der Waals surface area contributed by atoms with E-state index in [0.717, 1.165) is 11.1 Å². The predicted octanol–water partition coefficient (Wildman–Crippen LogP) is 4.47. The molecule has 3 aromatic carbocycles. The number of para-hydroxylation sites is 1. The minimum Gasteiger partial charge on any atom is -0.491 e. The van der Waals surface area contributed by atoms with Crippen molar-refractivity contribution in [1.82, 2.24) is 9.80 Å². The lowest BCUT2D eigenvalue weighted by Crippen LogP contribution is -2.35. The molecule has 3 aromatic rings. The van der Waals surface area contributed by atoms with Crippen LogP contribution in [0.2, 0.25) is 0 Å². The number of carbonyl (C=O) groups is 3. The molecule has 4 rings (SSSR count). The summed E-state index contributed by atoms with van der Waals surface area (Å²) in [6.45, 7) is 2.00. The van der Waals surface area contributed by atoms with Gasteiger partial charge in [0.15, 0.2) is 5.78 Å². The van der Waals surface area contributed by atoms with Gasteiger partial charge in [-0.1, -0.05) is 72.8 Å². The highest BCUT2D eigenvalue weighted by molar-refractivity contribution is 6.04. The fourth-order valence-corrected chi connectivity index (χ4v) is 3.87. The largest absolute Gasteiger partial charge is 0.491 e. The van der Waals surface area contributed by atoms with E-state index in [1.165, 1.54) is 11.8 Å². The molecule has 0 aliphatic carbocycles. The lowest BCUT2D eigenvalue weighted by molar-refractivity contribution is -0.128. The first-order valence-corrected chi connectivity index (χ1v) is 10.5. The monoisotopic (exact) mass is 428 g/mol. The van der Waals surface area contributed by atoms with Gasteiger partial charge in [0.1, 0.15) is 18.4 Å². The van der Waals surface area contributed by atoms with Crippen LogP contribution in [-0.4, -0.2) is 40.7 Å². The average molecular weight is 428 g/mol. The summed E-state index contributed by atoms with van der Waals surface area (Å²) in [5, 5.41) is 0. The number of imide groups is 1. The summed E-state index contributed by atoms with van der Waals surface area (Å²) in [6.07, 6.45) is 0. The van der Waals surface area contributed by atoms with E-state index in [-0.39, 0.29) is 30.9 Å². The van der Waals surface area contributed by atoms with Crippen molar-refractivity contribution in [3.8, 4) is 5.75 Å². The van der Waals surface area contributed by atoms with Crippen LogP contribution >= 0.6 is 0 Å². The quantitative estimate of drug-likeness (QED) is 0.392. The Morgan fingerprint density at radius 1 is 0.875 bits per heavy atom. The Labute approximate surface area is 187 Å². The molecule has 162 valence electrons.